The summed E-state index contributed by atoms with van der Waals surface area (Å²) in [4.78, 5) is 32.5. The Balaban J connectivity index is 2.95. The predicted molar refractivity (Wildman–Crippen MR) is 46.1 cm³/mol. The molecule has 0 spiro atoms. The van der Waals surface area contributed by atoms with E-state index in [2.05, 4.69) is 0 Å². The van der Waals surface area contributed by atoms with Crippen molar-refractivity contribution in [1.29, 1.82) is 0 Å². The highest BCUT2D eigenvalue weighted by Crippen LogP contribution is 2.37. The maximum absolute atomic E-state index is 12.7. The lowest BCUT2D eigenvalue weighted by Gasteiger charge is -2.22. The minimum absolute atomic E-state index is 0.173. The van der Waals surface area contributed by atoms with Gasteiger partial charge in [-0.15, -0.1) is 0 Å². The van der Waals surface area contributed by atoms with Gasteiger partial charge in [-0.05, 0) is 11.6 Å². The molecule has 0 atom stereocenters. The number of carbonyl (C=O) groups excluding carboxylic acids is 3. The Bertz CT molecular complexity index is 410. The highest BCUT2D eigenvalue weighted by Gasteiger charge is 2.66. The number of amides is 4. The van der Waals surface area contributed by atoms with Crippen molar-refractivity contribution >= 4 is 28.9 Å². The molecule has 0 radical (unpaired) electrons. The Morgan fingerprint density at radius 1 is 1.06 bits per heavy atom. The molecule has 0 aromatic carbocycles. The van der Waals surface area contributed by atoms with Gasteiger partial charge in [-0.2, -0.15) is 22.0 Å². The zero-order valence-corrected chi connectivity index (χ0v) is 9.06. The van der Waals surface area contributed by atoms with Crippen LogP contribution in [0.4, 0.5) is 31.5 Å². The Hall–Kier alpha value is -1.45. The molecule has 102 valence electrons. The minimum atomic E-state index is -6.12. The van der Waals surface area contributed by atoms with Gasteiger partial charge in [0.25, 0.3) is 0 Å². The summed E-state index contributed by atoms with van der Waals surface area (Å²) in [5, 5.41) is -1.37. The lowest BCUT2D eigenvalue weighted by atomic mass is 10.3. The molecule has 0 bridgehead atoms. The summed E-state index contributed by atoms with van der Waals surface area (Å²) in [5.41, 5.74) is 0. The minimum Gasteiger partial charge on any atom is -0.267 e. The molecule has 1 rings (SSSR count). The molecule has 1 aliphatic rings. The smallest absolute Gasteiger partial charge is 0.267 e. The van der Waals surface area contributed by atoms with Gasteiger partial charge >= 0.3 is 29.4 Å². The molecule has 0 aliphatic carbocycles. The first-order valence-electron chi connectivity index (χ1n) is 4.27. The third-order valence-electron chi connectivity index (χ3n) is 2.09. The van der Waals surface area contributed by atoms with Crippen LogP contribution >= 0.6 is 11.6 Å². The summed E-state index contributed by atoms with van der Waals surface area (Å²) in [6, 6.07) is -1.61. The number of urea groups is 1. The van der Waals surface area contributed by atoms with Crippen molar-refractivity contribution in [3.05, 3.63) is 0 Å². The Labute approximate surface area is 101 Å². The first kappa shape index (κ1) is 14.6. The van der Waals surface area contributed by atoms with Gasteiger partial charge in [0, 0.05) is 13.1 Å². The molecule has 11 heteroatoms. The van der Waals surface area contributed by atoms with E-state index in [0.717, 1.165) is 0 Å². The third-order valence-corrected chi connectivity index (χ3v) is 2.30. The second kappa shape index (κ2) is 4.34. The SMILES string of the molecule is O=C(Cl)N1CCN(C(=O)C(F)(F)C(F)(F)F)C1=O. The van der Waals surface area contributed by atoms with Crippen molar-refractivity contribution < 1.29 is 36.3 Å². The molecule has 5 nitrogen and oxygen atoms in total. The number of hydrogen-bond donors (Lipinski definition) is 0. The molecule has 0 aromatic heterocycles. The standard InChI is InChI=1S/C7H4ClF5N2O3/c8-4(17)15-2-1-14(5(15)18)3(16)6(9,10)7(11,12)13/h1-2H2. The van der Waals surface area contributed by atoms with E-state index in [1.807, 2.05) is 0 Å². The molecular weight excluding hydrogens is 291 g/mol. The molecule has 0 N–H and O–H groups in total. The van der Waals surface area contributed by atoms with Crippen LogP contribution in [0.5, 0.6) is 0 Å². The summed E-state index contributed by atoms with van der Waals surface area (Å²) in [6.45, 7) is -1.32. The maximum atomic E-state index is 12.7. The summed E-state index contributed by atoms with van der Waals surface area (Å²) < 4.78 is 61.1. The van der Waals surface area contributed by atoms with E-state index in [1.165, 1.54) is 0 Å². The Morgan fingerprint density at radius 2 is 1.50 bits per heavy atom. The first-order valence-corrected chi connectivity index (χ1v) is 4.65. The summed E-state index contributed by atoms with van der Waals surface area (Å²) in [6.07, 6.45) is -6.12. The van der Waals surface area contributed by atoms with E-state index in [9.17, 15) is 36.3 Å². The molecule has 4 amide bonds. The van der Waals surface area contributed by atoms with Gasteiger partial charge in [-0.3, -0.25) is 14.5 Å². The highest BCUT2D eigenvalue weighted by molar-refractivity contribution is 6.64. The molecule has 0 saturated carbocycles. The van der Waals surface area contributed by atoms with Crippen molar-refractivity contribution in [2.75, 3.05) is 13.1 Å². The largest absolute Gasteiger partial charge is 0.463 e. The fourth-order valence-corrected chi connectivity index (χ4v) is 1.34. The molecular formula is C7H4ClF5N2O3. The van der Waals surface area contributed by atoms with Gasteiger partial charge in [0.1, 0.15) is 0 Å². The quantitative estimate of drug-likeness (QED) is 0.421. The van der Waals surface area contributed by atoms with Gasteiger partial charge < -0.3 is 0 Å². The number of alkyl halides is 5. The van der Waals surface area contributed by atoms with Gasteiger partial charge in [-0.25, -0.2) is 9.69 Å². The van der Waals surface area contributed by atoms with Crippen LogP contribution in [0.2, 0.25) is 0 Å². The van der Waals surface area contributed by atoms with Gasteiger partial charge in [0.05, 0.1) is 0 Å². The predicted octanol–water partition coefficient (Wildman–Crippen LogP) is 1.81. The van der Waals surface area contributed by atoms with Crippen LogP contribution in [0.1, 0.15) is 0 Å². The van der Waals surface area contributed by atoms with Crippen LogP contribution < -0.4 is 0 Å². The molecule has 0 aromatic rings. The number of rotatable bonds is 1. The van der Waals surface area contributed by atoms with E-state index < -0.39 is 42.5 Å². The summed E-state index contributed by atoms with van der Waals surface area (Å²) in [5.74, 6) is -8.44. The van der Waals surface area contributed by atoms with Gasteiger partial charge in [-0.1, -0.05) is 0 Å². The van der Waals surface area contributed by atoms with Crippen molar-refractivity contribution in [1.82, 2.24) is 9.80 Å². The Morgan fingerprint density at radius 3 is 1.83 bits per heavy atom. The van der Waals surface area contributed by atoms with E-state index in [4.69, 9.17) is 11.6 Å². The van der Waals surface area contributed by atoms with Crippen LogP contribution in [0, 0.1) is 0 Å². The maximum Gasteiger partial charge on any atom is 0.463 e. The number of halogens is 6. The second-order valence-corrected chi connectivity index (χ2v) is 3.54. The van der Waals surface area contributed by atoms with E-state index >= 15 is 0 Å². The van der Waals surface area contributed by atoms with Gasteiger partial charge in [0.2, 0.25) is 0 Å². The van der Waals surface area contributed by atoms with E-state index in [-0.39, 0.29) is 9.80 Å². The molecule has 0 unspecified atom stereocenters. The number of carbonyl (C=O) groups is 3. The number of hydrogen-bond acceptors (Lipinski definition) is 3. The molecule has 1 saturated heterocycles. The average Bonchev–Trinajstić information content (AvgIpc) is 2.57. The molecule has 1 fully saturated rings. The fourth-order valence-electron chi connectivity index (χ4n) is 1.18. The van der Waals surface area contributed by atoms with Gasteiger partial charge in [0.15, 0.2) is 0 Å². The zero-order valence-electron chi connectivity index (χ0n) is 8.30. The monoisotopic (exact) mass is 294 g/mol. The van der Waals surface area contributed by atoms with Crippen LogP contribution in [-0.4, -0.2) is 52.3 Å². The van der Waals surface area contributed by atoms with Crippen LogP contribution in [0.3, 0.4) is 0 Å². The molecule has 18 heavy (non-hydrogen) atoms. The molecule has 1 heterocycles. The van der Waals surface area contributed by atoms with Crippen molar-refractivity contribution in [2.45, 2.75) is 12.1 Å². The second-order valence-electron chi connectivity index (χ2n) is 3.22. The normalized spacial score (nSPS) is 17.3. The summed E-state index contributed by atoms with van der Waals surface area (Å²) >= 11 is 4.87. The zero-order chi connectivity index (χ0) is 14.3. The highest BCUT2D eigenvalue weighted by atomic mass is 35.5. The lowest BCUT2D eigenvalue weighted by molar-refractivity contribution is -0.272. The summed E-state index contributed by atoms with van der Waals surface area (Å²) in [7, 11) is 0. The van der Waals surface area contributed by atoms with Crippen LogP contribution in [-0.2, 0) is 4.79 Å². The average molecular weight is 295 g/mol. The van der Waals surface area contributed by atoms with Crippen molar-refractivity contribution in [3.63, 3.8) is 0 Å². The van der Waals surface area contributed by atoms with E-state index in [1.54, 1.807) is 0 Å². The topological polar surface area (TPSA) is 57.7 Å². The number of imide groups is 2. The Kier molecular flexibility index (Phi) is 3.52. The van der Waals surface area contributed by atoms with Crippen molar-refractivity contribution in [3.8, 4) is 0 Å². The van der Waals surface area contributed by atoms with Crippen LogP contribution in [0.15, 0.2) is 0 Å². The molecule has 1 aliphatic heterocycles. The fraction of sp³-hybridized carbons (Fsp3) is 0.571. The first-order chi connectivity index (χ1) is 8.00. The number of nitrogens with zero attached hydrogens (tertiary/aromatic N) is 2. The van der Waals surface area contributed by atoms with E-state index in [0.29, 0.717) is 0 Å². The van der Waals surface area contributed by atoms with Crippen LogP contribution in [0.25, 0.3) is 0 Å². The third kappa shape index (κ3) is 2.24. The van der Waals surface area contributed by atoms with Crippen molar-refractivity contribution in [2.24, 2.45) is 0 Å². The lowest BCUT2D eigenvalue weighted by Crippen LogP contribution is -2.53.